The van der Waals surface area contributed by atoms with Crippen LogP contribution in [0.25, 0.3) is 0 Å². The topological polar surface area (TPSA) is 105 Å². The van der Waals surface area contributed by atoms with E-state index in [1.54, 1.807) is 18.2 Å². The fourth-order valence-corrected chi connectivity index (χ4v) is 3.54. The van der Waals surface area contributed by atoms with Gasteiger partial charge in [0.1, 0.15) is 13.2 Å². The van der Waals surface area contributed by atoms with Gasteiger partial charge in [-0.25, -0.2) is 13.1 Å². The maximum Gasteiger partial charge on any atom is 0.257 e. The molecule has 2 atom stereocenters. The Balaban J connectivity index is 1.80. The Morgan fingerprint density at radius 3 is 2.78 bits per heavy atom. The standard InChI is InChI=1S/C14H18N2O6S/c1-23(19,20)15-10-7-16(8-11(10)17)14(18)9-3-2-4-12-13(9)22-6-5-21-12/h2-4,10-11,15,17H,5-8H2,1H3/t10-,11-/m1/s1. The van der Waals surface area contributed by atoms with Gasteiger partial charge >= 0.3 is 0 Å². The van der Waals surface area contributed by atoms with Crippen LogP contribution in [0, 0.1) is 0 Å². The van der Waals surface area contributed by atoms with Crippen molar-refractivity contribution in [2.24, 2.45) is 0 Å². The number of benzene rings is 1. The molecule has 0 saturated carbocycles. The van der Waals surface area contributed by atoms with Gasteiger partial charge in [0.05, 0.1) is 24.0 Å². The van der Waals surface area contributed by atoms with Gasteiger partial charge in [-0.15, -0.1) is 0 Å². The van der Waals surface area contributed by atoms with E-state index in [1.807, 2.05) is 0 Å². The number of likely N-dealkylation sites (tertiary alicyclic amines) is 1. The lowest BCUT2D eigenvalue weighted by Gasteiger charge is -2.23. The molecule has 0 aliphatic carbocycles. The molecule has 0 aromatic heterocycles. The van der Waals surface area contributed by atoms with Crippen LogP contribution in [0.3, 0.4) is 0 Å². The zero-order valence-electron chi connectivity index (χ0n) is 12.6. The van der Waals surface area contributed by atoms with Crippen LogP contribution in [0.5, 0.6) is 11.5 Å². The van der Waals surface area contributed by atoms with Crippen molar-refractivity contribution in [2.45, 2.75) is 12.1 Å². The van der Waals surface area contributed by atoms with Crippen molar-refractivity contribution < 1.29 is 27.8 Å². The lowest BCUT2D eigenvalue weighted by atomic mass is 10.1. The number of β-amino-alcohol motifs (C(OH)–C–C–N with tert-alkyl or cyclic N) is 1. The molecule has 2 heterocycles. The molecule has 1 fully saturated rings. The van der Waals surface area contributed by atoms with Crippen molar-refractivity contribution in [3.05, 3.63) is 23.8 Å². The third kappa shape index (κ3) is 3.41. The van der Waals surface area contributed by atoms with Crippen molar-refractivity contribution in [2.75, 3.05) is 32.6 Å². The zero-order chi connectivity index (χ0) is 16.6. The molecule has 8 nitrogen and oxygen atoms in total. The van der Waals surface area contributed by atoms with Crippen LogP contribution >= 0.6 is 0 Å². The van der Waals surface area contributed by atoms with Crippen LogP contribution in [-0.4, -0.2) is 69.0 Å². The first-order valence-electron chi connectivity index (χ1n) is 7.18. The van der Waals surface area contributed by atoms with Gasteiger partial charge in [-0.3, -0.25) is 4.79 Å². The first-order chi connectivity index (χ1) is 10.8. The second-order valence-electron chi connectivity index (χ2n) is 5.60. The summed E-state index contributed by atoms with van der Waals surface area (Å²) in [5.41, 5.74) is 0.342. The minimum absolute atomic E-state index is 0.0521. The lowest BCUT2D eigenvalue weighted by Crippen LogP contribution is -2.42. The fourth-order valence-electron chi connectivity index (χ4n) is 2.76. The molecule has 0 radical (unpaired) electrons. The summed E-state index contributed by atoms with van der Waals surface area (Å²) in [6, 6.07) is 4.32. The molecule has 126 valence electrons. The number of hydrogen-bond acceptors (Lipinski definition) is 6. The van der Waals surface area contributed by atoms with Crippen LogP contribution in [0.15, 0.2) is 18.2 Å². The van der Waals surface area contributed by atoms with Crippen LogP contribution in [0.4, 0.5) is 0 Å². The molecule has 1 aromatic rings. The monoisotopic (exact) mass is 342 g/mol. The largest absolute Gasteiger partial charge is 0.486 e. The number of fused-ring (bicyclic) bond motifs is 1. The number of nitrogens with one attached hydrogen (secondary N) is 1. The predicted molar refractivity (Wildman–Crippen MR) is 81.1 cm³/mol. The molecule has 1 amide bonds. The first-order valence-corrected chi connectivity index (χ1v) is 9.07. The quantitative estimate of drug-likeness (QED) is 0.745. The number of ether oxygens (including phenoxy) is 2. The van der Waals surface area contributed by atoms with Crippen molar-refractivity contribution in [3.63, 3.8) is 0 Å². The van der Waals surface area contributed by atoms with Gasteiger partial charge in [0, 0.05) is 13.1 Å². The van der Waals surface area contributed by atoms with E-state index in [4.69, 9.17) is 9.47 Å². The molecule has 2 aliphatic heterocycles. The average molecular weight is 342 g/mol. The van der Waals surface area contributed by atoms with E-state index >= 15 is 0 Å². The number of carbonyl (C=O) groups excluding carboxylic acids is 1. The molecular formula is C14H18N2O6S. The Hall–Kier alpha value is -1.84. The summed E-state index contributed by atoms with van der Waals surface area (Å²) < 4.78 is 35.9. The Bertz CT molecular complexity index is 720. The van der Waals surface area contributed by atoms with Gasteiger partial charge in [-0.2, -0.15) is 0 Å². The summed E-state index contributed by atoms with van der Waals surface area (Å²) in [6.45, 7) is 0.930. The SMILES string of the molecule is CS(=O)(=O)N[C@@H]1CN(C(=O)c2cccc3c2OCCO3)C[C@H]1O. The Morgan fingerprint density at radius 2 is 2.04 bits per heavy atom. The van der Waals surface area contributed by atoms with E-state index in [-0.39, 0.29) is 19.0 Å². The number of carbonyl (C=O) groups is 1. The second-order valence-corrected chi connectivity index (χ2v) is 7.38. The molecular weight excluding hydrogens is 324 g/mol. The average Bonchev–Trinajstić information content (AvgIpc) is 2.85. The highest BCUT2D eigenvalue weighted by Gasteiger charge is 2.37. The summed E-state index contributed by atoms with van der Waals surface area (Å²) >= 11 is 0. The summed E-state index contributed by atoms with van der Waals surface area (Å²) in [5.74, 6) is 0.564. The van der Waals surface area contributed by atoms with E-state index in [1.165, 1.54) is 4.90 Å². The van der Waals surface area contributed by atoms with Crippen molar-refractivity contribution in [1.29, 1.82) is 0 Å². The number of aliphatic hydroxyl groups excluding tert-OH is 1. The minimum Gasteiger partial charge on any atom is -0.486 e. The Morgan fingerprint density at radius 1 is 1.30 bits per heavy atom. The fraction of sp³-hybridized carbons (Fsp3) is 0.500. The van der Waals surface area contributed by atoms with E-state index in [0.717, 1.165) is 6.26 Å². The maximum atomic E-state index is 12.7. The second kappa shape index (κ2) is 5.99. The summed E-state index contributed by atoms with van der Waals surface area (Å²) in [7, 11) is -3.46. The Kier molecular flexibility index (Phi) is 4.17. The molecule has 1 saturated heterocycles. The Labute approximate surface area is 134 Å². The van der Waals surface area contributed by atoms with Gasteiger partial charge in [0.25, 0.3) is 5.91 Å². The molecule has 1 aromatic carbocycles. The third-order valence-corrected chi connectivity index (χ3v) is 4.47. The molecule has 3 rings (SSSR count). The molecule has 2 aliphatic rings. The van der Waals surface area contributed by atoms with Crippen molar-refractivity contribution >= 4 is 15.9 Å². The van der Waals surface area contributed by atoms with Crippen LogP contribution < -0.4 is 14.2 Å². The molecule has 0 bridgehead atoms. The van der Waals surface area contributed by atoms with Crippen LogP contribution in [-0.2, 0) is 10.0 Å². The minimum atomic E-state index is -3.46. The summed E-state index contributed by atoms with van der Waals surface area (Å²) in [5, 5.41) is 9.98. The lowest BCUT2D eigenvalue weighted by molar-refractivity contribution is 0.0754. The van der Waals surface area contributed by atoms with E-state index in [9.17, 15) is 18.3 Å². The van der Waals surface area contributed by atoms with Gasteiger partial charge in [-0.1, -0.05) is 6.07 Å². The van der Waals surface area contributed by atoms with E-state index < -0.39 is 22.2 Å². The normalized spacial score (nSPS) is 23.8. The van der Waals surface area contributed by atoms with E-state index in [2.05, 4.69) is 4.72 Å². The predicted octanol–water partition coefficient (Wildman–Crippen LogP) is -0.808. The number of para-hydroxylation sites is 1. The number of sulfonamides is 1. The summed E-state index contributed by atoms with van der Waals surface area (Å²) in [4.78, 5) is 14.1. The number of amides is 1. The highest BCUT2D eigenvalue weighted by Crippen LogP contribution is 2.34. The van der Waals surface area contributed by atoms with Crippen LogP contribution in [0.2, 0.25) is 0 Å². The highest BCUT2D eigenvalue weighted by atomic mass is 32.2. The number of aliphatic hydroxyl groups is 1. The molecule has 23 heavy (non-hydrogen) atoms. The molecule has 9 heteroatoms. The third-order valence-electron chi connectivity index (χ3n) is 3.74. The molecule has 0 unspecified atom stereocenters. The number of rotatable bonds is 3. The van der Waals surface area contributed by atoms with Crippen molar-refractivity contribution in [1.82, 2.24) is 9.62 Å². The molecule has 2 N–H and O–H groups in total. The van der Waals surface area contributed by atoms with Gasteiger partial charge < -0.3 is 19.5 Å². The highest BCUT2D eigenvalue weighted by molar-refractivity contribution is 7.88. The zero-order valence-corrected chi connectivity index (χ0v) is 13.4. The van der Waals surface area contributed by atoms with E-state index in [0.29, 0.717) is 30.3 Å². The number of nitrogens with zero attached hydrogens (tertiary/aromatic N) is 1. The molecule has 0 spiro atoms. The smallest absolute Gasteiger partial charge is 0.257 e. The maximum absolute atomic E-state index is 12.7. The summed E-state index contributed by atoms with van der Waals surface area (Å²) in [6.07, 6.45) is 0.0635. The van der Waals surface area contributed by atoms with Gasteiger partial charge in [0.15, 0.2) is 11.5 Å². The van der Waals surface area contributed by atoms with Crippen molar-refractivity contribution in [3.8, 4) is 11.5 Å². The first kappa shape index (κ1) is 16.0. The van der Waals surface area contributed by atoms with Crippen LogP contribution in [0.1, 0.15) is 10.4 Å². The van der Waals surface area contributed by atoms with Gasteiger partial charge in [-0.05, 0) is 12.1 Å². The number of hydrogen-bond donors (Lipinski definition) is 2. The van der Waals surface area contributed by atoms with Gasteiger partial charge in [0.2, 0.25) is 10.0 Å².